The van der Waals surface area contributed by atoms with E-state index < -0.39 is 5.97 Å². The van der Waals surface area contributed by atoms with Gasteiger partial charge < -0.3 is 10.4 Å². The normalized spacial score (nSPS) is 23.0. The molecular formula is C15H21NO2. The maximum Gasteiger partial charge on any atom is 0.337 e. The maximum absolute atomic E-state index is 11.2. The lowest BCUT2D eigenvalue weighted by atomic mass is 9.98. The van der Waals surface area contributed by atoms with Gasteiger partial charge in [-0.15, -0.1) is 0 Å². The Labute approximate surface area is 108 Å². The molecule has 3 nitrogen and oxygen atoms in total. The van der Waals surface area contributed by atoms with Gasteiger partial charge in [0, 0.05) is 12.2 Å². The van der Waals surface area contributed by atoms with E-state index in [4.69, 9.17) is 0 Å². The molecular weight excluding hydrogens is 226 g/mol. The highest BCUT2D eigenvalue weighted by Gasteiger charge is 2.23. The summed E-state index contributed by atoms with van der Waals surface area (Å²) in [6.45, 7) is 5.08. The molecule has 0 amide bonds. The van der Waals surface area contributed by atoms with Crippen LogP contribution in [0.15, 0.2) is 18.2 Å². The van der Waals surface area contributed by atoms with E-state index in [1.807, 2.05) is 19.1 Å². The van der Waals surface area contributed by atoms with Crippen molar-refractivity contribution >= 4 is 11.7 Å². The number of carboxylic acids is 1. The zero-order valence-corrected chi connectivity index (χ0v) is 11.1. The molecule has 1 aromatic carbocycles. The van der Waals surface area contributed by atoms with E-state index in [0.717, 1.165) is 23.7 Å². The summed E-state index contributed by atoms with van der Waals surface area (Å²) in [7, 11) is 0. The van der Waals surface area contributed by atoms with Gasteiger partial charge in [0.25, 0.3) is 0 Å². The fraction of sp³-hybridized carbons (Fsp3) is 0.533. The van der Waals surface area contributed by atoms with E-state index in [1.54, 1.807) is 6.07 Å². The predicted molar refractivity (Wildman–Crippen MR) is 73.1 cm³/mol. The van der Waals surface area contributed by atoms with Crippen LogP contribution in [0.25, 0.3) is 0 Å². The second-order valence-electron chi connectivity index (χ2n) is 5.40. The smallest absolute Gasteiger partial charge is 0.337 e. The van der Waals surface area contributed by atoms with Crippen molar-refractivity contribution < 1.29 is 9.90 Å². The molecule has 2 atom stereocenters. The van der Waals surface area contributed by atoms with Crippen molar-refractivity contribution in [2.75, 3.05) is 11.9 Å². The van der Waals surface area contributed by atoms with Crippen molar-refractivity contribution in [3.05, 3.63) is 29.3 Å². The van der Waals surface area contributed by atoms with E-state index in [9.17, 15) is 9.90 Å². The number of carbonyl (C=O) groups is 1. The van der Waals surface area contributed by atoms with Crippen molar-refractivity contribution in [3.63, 3.8) is 0 Å². The summed E-state index contributed by atoms with van der Waals surface area (Å²) in [5.74, 6) is 0.560. The lowest BCUT2D eigenvalue weighted by molar-refractivity contribution is 0.0698. The summed E-state index contributed by atoms with van der Waals surface area (Å²) in [6.07, 6.45) is 3.85. The van der Waals surface area contributed by atoms with Crippen molar-refractivity contribution in [1.29, 1.82) is 0 Å². The highest BCUT2D eigenvalue weighted by atomic mass is 16.4. The second-order valence-corrected chi connectivity index (χ2v) is 5.40. The van der Waals surface area contributed by atoms with Gasteiger partial charge in [-0.25, -0.2) is 4.79 Å². The van der Waals surface area contributed by atoms with Crippen molar-refractivity contribution in [1.82, 2.24) is 0 Å². The molecule has 0 spiro atoms. The quantitative estimate of drug-likeness (QED) is 0.855. The first-order valence-electron chi connectivity index (χ1n) is 6.65. The molecule has 0 saturated heterocycles. The molecule has 18 heavy (non-hydrogen) atoms. The molecule has 1 fully saturated rings. The number of hydrogen-bond donors (Lipinski definition) is 2. The van der Waals surface area contributed by atoms with Gasteiger partial charge in [-0.3, -0.25) is 0 Å². The topological polar surface area (TPSA) is 49.3 Å². The Kier molecular flexibility index (Phi) is 3.90. The first kappa shape index (κ1) is 12.9. The average molecular weight is 247 g/mol. The van der Waals surface area contributed by atoms with Crippen molar-refractivity contribution in [2.24, 2.45) is 11.8 Å². The first-order valence-corrected chi connectivity index (χ1v) is 6.65. The van der Waals surface area contributed by atoms with E-state index in [2.05, 4.69) is 12.2 Å². The molecule has 2 unspecified atom stereocenters. The van der Waals surface area contributed by atoms with Gasteiger partial charge in [0.05, 0.1) is 5.56 Å². The van der Waals surface area contributed by atoms with Crippen molar-refractivity contribution in [3.8, 4) is 0 Å². The highest BCUT2D eigenvalue weighted by Crippen LogP contribution is 2.31. The molecule has 1 aromatic rings. The highest BCUT2D eigenvalue weighted by molar-refractivity contribution is 5.94. The zero-order chi connectivity index (χ0) is 13.1. The van der Waals surface area contributed by atoms with Gasteiger partial charge in [0.2, 0.25) is 0 Å². The lowest BCUT2D eigenvalue weighted by Gasteiger charge is -2.18. The van der Waals surface area contributed by atoms with E-state index in [-0.39, 0.29) is 0 Å². The van der Waals surface area contributed by atoms with Gasteiger partial charge in [0.1, 0.15) is 0 Å². The zero-order valence-electron chi connectivity index (χ0n) is 11.1. The minimum atomic E-state index is -0.860. The Morgan fingerprint density at radius 3 is 2.83 bits per heavy atom. The predicted octanol–water partition coefficient (Wildman–Crippen LogP) is 3.54. The third-order valence-electron chi connectivity index (χ3n) is 4.00. The van der Waals surface area contributed by atoms with Crippen LogP contribution < -0.4 is 5.32 Å². The monoisotopic (exact) mass is 247 g/mol. The molecule has 1 aliphatic carbocycles. The van der Waals surface area contributed by atoms with Gasteiger partial charge in [-0.2, -0.15) is 0 Å². The number of anilines is 1. The molecule has 1 saturated carbocycles. The minimum Gasteiger partial charge on any atom is -0.478 e. The van der Waals surface area contributed by atoms with E-state index in [1.165, 1.54) is 19.3 Å². The summed E-state index contributed by atoms with van der Waals surface area (Å²) in [6, 6.07) is 5.55. The average Bonchev–Trinajstić information content (AvgIpc) is 2.73. The molecule has 2 rings (SSSR count). The fourth-order valence-electron chi connectivity index (χ4n) is 2.76. The molecule has 2 N–H and O–H groups in total. The minimum absolute atomic E-state index is 0.376. The Morgan fingerprint density at radius 1 is 1.44 bits per heavy atom. The number of aryl methyl sites for hydroxylation is 1. The van der Waals surface area contributed by atoms with Crippen LogP contribution >= 0.6 is 0 Å². The van der Waals surface area contributed by atoms with Crippen LogP contribution in [0.4, 0.5) is 5.69 Å². The molecule has 3 heteroatoms. The van der Waals surface area contributed by atoms with E-state index in [0.29, 0.717) is 11.5 Å². The number of carboxylic acid groups (broad SMARTS) is 1. The van der Waals surface area contributed by atoms with E-state index >= 15 is 0 Å². The lowest BCUT2D eigenvalue weighted by Crippen LogP contribution is -2.18. The third-order valence-corrected chi connectivity index (χ3v) is 4.00. The van der Waals surface area contributed by atoms with Gasteiger partial charge in [-0.1, -0.05) is 31.4 Å². The van der Waals surface area contributed by atoms with Crippen LogP contribution in [0.1, 0.15) is 42.1 Å². The Balaban J connectivity index is 2.06. The van der Waals surface area contributed by atoms with Crippen LogP contribution in [0.5, 0.6) is 0 Å². The van der Waals surface area contributed by atoms with Crippen LogP contribution in [0, 0.1) is 18.8 Å². The first-order chi connectivity index (χ1) is 8.58. The van der Waals surface area contributed by atoms with Gasteiger partial charge >= 0.3 is 5.97 Å². The fourth-order valence-corrected chi connectivity index (χ4v) is 2.76. The number of benzene rings is 1. The molecule has 1 aliphatic rings. The summed E-state index contributed by atoms with van der Waals surface area (Å²) >= 11 is 0. The largest absolute Gasteiger partial charge is 0.478 e. The number of rotatable bonds is 4. The second kappa shape index (κ2) is 5.42. The van der Waals surface area contributed by atoms with Gasteiger partial charge in [-0.05, 0) is 37.3 Å². The van der Waals surface area contributed by atoms with Crippen molar-refractivity contribution in [2.45, 2.75) is 33.1 Å². The van der Waals surface area contributed by atoms with Crippen LogP contribution in [-0.4, -0.2) is 17.6 Å². The molecule has 0 heterocycles. The molecule has 0 radical (unpaired) electrons. The number of aromatic carboxylic acids is 1. The summed E-state index contributed by atoms with van der Waals surface area (Å²) < 4.78 is 0. The SMILES string of the molecule is Cc1ccc(NCC2CCCC2C)c(C(=O)O)c1. The number of nitrogens with one attached hydrogen (secondary N) is 1. The molecule has 0 aromatic heterocycles. The van der Waals surface area contributed by atoms with Crippen LogP contribution in [0.2, 0.25) is 0 Å². The number of hydrogen-bond acceptors (Lipinski definition) is 2. The Bertz CT molecular complexity index is 442. The summed E-state index contributed by atoms with van der Waals surface area (Å²) in [5, 5.41) is 12.5. The Hall–Kier alpha value is -1.51. The third kappa shape index (κ3) is 2.84. The Morgan fingerprint density at radius 2 is 2.22 bits per heavy atom. The van der Waals surface area contributed by atoms with Gasteiger partial charge in [0.15, 0.2) is 0 Å². The summed E-state index contributed by atoms with van der Waals surface area (Å²) in [4.78, 5) is 11.2. The van der Waals surface area contributed by atoms with Crippen LogP contribution in [-0.2, 0) is 0 Å². The maximum atomic E-state index is 11.2. The van der Waals surface area contributed by atoms with Crippen LogP contribution in [0.3, 0.4) is 0 Å². The molecule has 0 aliphatic heterocycles. The standard InChI is InChI=1S/C15H21NO2/c1-10-6-7-14(13(8-10)15(17)18)16-9-12-5-3-4-11(12)2/h6-8,11-12,16H,3-5,9H2,1-2H3,(H,17,18). The molecule has 0 bridgehead atoms. The molecule has 98 valence electrons. The summed E-state index contributed by atoms with van der Waals surface area (Å²) in [5.41, 5.74) is 2.10.